The molecular formula is C8H10NO2S. The Bertz CT molecular complexity index is 331. The Hall–Kier alpha value is -0.870. The van der Waals surface area contributed by atoms with Crippen LogP contribution >= 0.6 is 0 Å². The fourth-order valence-electron chi connectivity index (χ4n) is 0.775. The number of hydrogen-bond acceptors (Lipinski definition) is 2. The van der Waals surface area contributed by atoms with Crippen LogP contribution in [0.2, 0.25) is 0 Å². The molecule has 1 aromatic carbocycles. The second-order valence-corrected chi connectivity index (χ2v) is 4.23. The summed E-state index contributed by atoms with van der Waals surface area (Å²) in [6.45, 7) is 0.236. The van der Waals surface area contributed by atoms with Crippen LogP contribution < -0.4 is 4.72 Å². The maximum absolute atomic E-state index is 10.6. The molecule has 0 unspecified atom stereocenters. The summed E-state index contributed by atoms with van der Waals surface area (Å²) in [6.07, 6.45) is 1.09. The van der Waals surface area contributed by atoms with Gasteiger partial charge in [0, 0.05) is 0 Å². The van der Waals surface area contributed by atoms with Crippen LogP contribution in [0.4, 0.5) is 0 Å². The van der Waals surface area contributed by atoms with Crippen molar-refractivity contribution in [1.29, 1.82) is 0 Å². The fourth-order valence-corrected chi connectivity index (χ4v) is 1.16. The number of rotatable bonds is 3. The molecule has 0 saturated carbocycles. The van der Waals surface area contributed by atoms with Gasteiger partial charge in [-0.05, 0) is 5.56 Å². The molecule has 0 heterocycles. The first kappa shape index (κ1) is 9.22. The largest absolute Gasteiger partial charge is 0.225 e. The van der Waals surface area contributed by atoms with Gasteiger partial charge in [-0.1, -0.05) is 30.3 Å². The third-order valence-electron chi connectivity index (χ3n) is 1.32. The van der Waals surface area contributed by atoms with Crippen LogP contribution in [0, 0.1) is 0 Å². The van der Waals surface area contributed by atoms with Crippen LogP contribution in [0.15, 0.2) is 30.3 Å². The van der Waals surface area contributed by atoms with Gasteiger partial charge in [0.2, 0.25) is 10.0 Å². The van der Waals surface area contributed by atoms with Gasteiger partial charge in [-0.3, -0.25) is 0 Å². The van der Waals surface area contributed by atoms with Crippen LogP contribution in [0.3, 0.4) is 0 Å². The zero-order chi connectivity index (χ0) is 9.03. The van der Waals surface area contributed by atoms with E-state index in [1.165, 1.54) is 0 Å². The van der Waals surface area contributed by atoms with E-state index in [0.29, 0.717) is 0 Å². The van der Waals surface area contributed by atoms with Crippen LogP contribution in [0.25, 0.3) is 0 Å². The van der Waals surface area contributed by atoms with Gasteiger partial charge >= 0.3 is 0 Å². The van der Waals surface area contributed by atoms with Crippen molar-refractivity contribution in [2.75, 3.05) is 6.26 Å². The molecule has 65 valence electrons. The van der Waals surface area contributed by atoms with Gasteiger partial charge < -0.3 is 0 Å². The molecule has 0 spiro atoms. The predicted octanol–water partition coefficient (Wildman–Crippen LogP) is 0.751. The zero-order valence-electron chi connectivity index (χ0n) is 6.77. The summed E-state index contributed by atoms with van der Waals surface area (Å²) >= 11 is 0. The van der Waals surface area contributed by atoms with E-state index in [0.717, 1.165) is 11.8 Å². The molecule has 12 heavy (non-hydrogen) atoms. The lowest BCUT2D eigenvalue weighted by atomic mass is 10.2. The van der Waals surface area contributed by atoms with E-state index in [9.17, 15) is 8.42 Å². The first-order valence-electron chi connectivity index (χ1n) is 3.50. The molecule has 1 aromatic rings. The van der Waals surface area contributed by atoms with Crippen LogP contribution in [-0.4, -0.2) is 14.7 Å². The summed E-state index contributed by atoms with van der Waals surface area (Å²) in [5.41, 5.74) is 0.905. The Labute approximate surface area is 72.5 Å². The van der Waals surface area contributed by atoms with E-state index in [1.807, 2.05) is 30.3 Å². The molecule has 0 bridgehead atoms. The highest BCUT2D eigenvalue weighted by Crippen LogP contribution is 1.98. The minimum absolute atomic E-state index is 0.236. The van der Waals surface area contributed by atoms with E-state index in [-0.39, 0.29) is 6.54 Å². The highest BCUT2D eigenvalue weighted by molar-refractivity contribution is 7.88. The fraction of sp³-hybridized carbons (Fsp3) is 0.250. The van der Waals surface area contributed by atoms with Crippen LogP contribution in [-0.2, 0) is 16.6 Å². The normalized spacial score (nSPS) is 11.4. The van der Waals surface area contributed by atoms with Gasteiger partial charge in [0.15, 0.2) is 0 Å². The number of nitrogens with zero attached hydrogens (tertiary/aromatic N) is 1. The Morgan fingerprint density at radius 3 is 2.33 bits per heavy atom. The van der Waals surface area contributed by atoms with Crippen LogP contribution in [0.5, 0.6) is 0 Å². The smallest absolute Gasteiger partial charge is 0.211 e. The molecular weight excluding hydrogens is 174 g/mol. The zero-order valence-corrected chi connectivity index (χ0v) is 7.58. The van der Waals surface area contributed by atoms with Gasteiger partial charge in [-0.2, -0.15) is 0 Å². The summed E-state index contributed by atoms with van der Waals surface area (Å²) in [5.74, 6) is 0. The molecule has 0 aliphatic rings. The van der Waals surface area contributed by atoms with Gasteiger partial charge in [0.05, 0.1) is 12.8 Å². The molecule has 3 nitrogen and oxygen atoms in total. The van der Waals surface area contributed by atoms with E-state index in [2.05, 4.69) is 4.72 Å². The third kappa shape index (κ3) is 3.50. The molecule has 0 saturated heterocycles. The van der Waals surface area contributed by atoms with Crippen molar-refractivity contribution in [1.82, 2.24) is 4.72 Å². The van der Waals surface area contributed by atoms with E-state index < -0.39 is 10.0 Å². The summed E-state index contributed by atoms with van der Waals surface area (Å²) in [5, 5.41) is 0. The van der Waals surface area contributed by atoms with Gasteiger partial charge in [0.1, 0.15) is 0 Å². The van der Waals surface area contributed by atoms with Crippen molar-refractivity contribution in [2.45, 2.75) is 6.54 Å². The predicted molar refractivity (Wildman–Crippen MR) is 47.1 cm³/mol. The highest BCUT2D eigenvalue weighted by Gasteiger charge is 2.01. The molecule has 0 aliphatic carbocycles. The number of benzene rings is 1. The summed E-state index contributed by atoms with van der Waals surface area (Å²) in [7, 11) is -3.20. The minimum Gasteiger partial charge on any atom is -0.211 e. The Balaban J connectivity index is 2.56. The topological polar surface area (TPSA) is 48.2 Å². The average molecular weight is 184 g/mol. The van der Waals surface area contributed by atoms with Crippen LogP contribution in [0.1, 0.15) is 5.56 Å². The molecule has 0 atom stereocenters. The van der Waals surface area contributed by atoms with Gasteiger partial charge in [0.25, 0.3) is 0 Å². The molecule has 0 N–H and O–H groups in total. The lowest BCUT2D eigenvalue weighted by Gasteiger charge is -1.98. The molecule has 1 radical (unpaired) electrons. The first-order chi connectivity index (χ1) is 5.58. The van der Waals surface area contributed by atoms with Crippen molar-refractivity contribution in [3.05, 3.63) is 35.9 Å². The van der Waals surface area contributed by atoms with E-state index in [4.69, 9.17) is 0 Å². The molecule has 1 rings (SSSR count). The van der Waals surface area contributed by atoms with Crippen molar-refractivity contribution in [2.24, 2.45) is 0 Å². The lowest BCUT2D eigenvalue weighted by Crippen LogP contribution is -2.13. The van der Waals surface area contributed by atoms with E-state index in [1.54, 1.807) is 0 Å². The summed E-state index contributed by atoms with van der Waals surface area (Å²) in [6, 6.07) is 9.27. The lowest BCUT2D eigenvalue weighted by molar-refractivity contribution is 0.586. The maximum Gasteiger partial charge on any atom is 0.225 e. The molecule has 0 aliphatic heterocycles. The Kier molecular flexibility index (Phi) is 2.83. The summed E-state index contributed by atoms with van der Waals surface area (Å²) in [4.78, 5) is 0. The Morgan fingerprint density at radius 1 is 1.25 bits per heavy atom. The van der Waals surface area contributed by atoms with Crippen molar-refractivity contribution in [3.63, 3.8) is 0 Å². The minimum atomic E-state index is -3.20. The quantitative estimate of drug-likeness (QED) is 0.696. The molecule has 0 fully saturated rings. The van der Waals surface area contributed by atoms with Gasteiger partial charge in [-0.15, -0.1) is 4.72 Å². The highest BCUT2D eigenvalue weighted by atomic mass is 32.2. The van der Waals surface area contributed by atoms with E-state index >= 15 is 0 Å². The second-order valence-electron chi connectivity index (χ2n) is 2.51. The first-order valence-corrected chi connectivity index (χ1v) is 5.35. The monoisotopic (exact) mass is 184 g/mol. The number of hydrogen-bond donors (Lipinski definition) is 0. The summed E-state index contributed by atoms with van der Waals surface area (Å²) < 4.78 is 24.8. The Morgan fingerprint density at radius 2 is 1.83 bits per heavy atom. The standard InChI is InChI=1S/C8H10NO2S/c1-12(10,11)9-7-8-5-3-2-4-6-8/h2-6H,7H2,1H3. The second kappa shape index (κ2) is 3.69. The maximum atomic E-state index is 10.6. The third-order valence-corrected chi connectivity index (χ3v) is 1.92. The molecule has 0 amide bonds. The van der Waals surface area contributed by atoms with Crippen molar-refractivity contribution >= 4 is 10.0 Å². The molecule has 4 heteroatoms. The van der Waals surface area contributed by atoms with Crippen molar-refractivity contribution in [3.8, 4) is 0 Å². The van der Waals surface area contributed by atoms with Gasteiger partial charge in [-0.25, -0.2) is 8.42 Å². The number of sulfonamides is 1. The van der Waals surface area contributed by atoms with Crippen molar-refractivity contribution < 1.29 is 8.42 Å². The average Bonchev–Trinajstić information content (AvgIpc) is 2.02. The molecule has 0 aromatic heterocycles. The SMILES string of the molecule is CS(=O)(=O)[N]Cc1ccccc1.